The van der Waals surface area contributed by atoms with Crippen LogP contribution in [0.4, 0.5) is 13.6 Å². The Bertz CT molecular complexity index is 660. The van der Waals surface area contributed by atoms with Crippen molar-refractivity contribution in [1.82, 2.24) is 9.88 Å². The summed E-state index contributed by atoms with van der Waals surface area (Å²) in [6, 6.07) is 1.35. The quantitative estimate of drug-likeness (QED) is 0.782. The number of fused-ring (bicyclic) bond motifs is 1. The summed E-state index contributed by atoms with van der Waals surface area (Å²) in [5.74, 6) is 0.526. The Morgan fingerprint density at radius 3 is 2.83 bits per heavy atom. The molecular formula is C17H22F2N2O3. The molecule has 3 rings (SSSR count). The summed E-state index contributed by atoms with van der Waals surface area (Å²) in [5.41, 5.74) is -0.675. The summed E-state index contributed by atoms with van der Waals surface area (Å²) < 4.78 is 37.1. The lowest BCUT2D eigenvalue weighted by Crippen LogP contribution is -2.42. The molecule has 0 saturated carbocycles. The van der Waals surface area contributed by atoms with Gasteiger partial charge in [-0.05, 0) is 33.8 Å². The number of rotatable bonds is 1. The van der Waals surface area contributed by atoms with Crippen molar-refractivity contribution in [2.45, 2.75) is 64.2 Å². The predicted octanol–water partition coefficient (Wildman–Crippen LogP) is 3.72. The van der Waals surface area contributed by atoms with Crippen LogP contribution in [-0.4, -0.2) is 39.8 Å². The minimum atomic E-state index is -2.60. The van der Waals surface area contributed by atoms with Crippen molar-refractivity contribution in [2.24, 2.45) is 0 Å². The molecule has 1 saturated heterocycles. The first-order valence-corrected chi connectivity index (χ1v) is 8.04. The van der Waals surface area contributed by atoms with E-state index in [4.69, 9.17) is 9.47 Å². The molecule has 0 N–H and O–H groups in total. The molecule has 0 bridgehead atoms. The highest BCUT2D eigenvalue weighted by Crippen LogP contribution is 2.43. The van der Waals surface area contributed by atoms with Crippen LogP contribution in [0.1, 0.15) is 51.8 Å². The molecule has 24 heavy (non-hydrogen) atoms. The third-order valence-electron chi connectivity index (χ3n) is 4.32. The number of likely N-dealkylation sites (tertiary alicyclic amines) is 1. The van der Waals surface area contributed by atoms with Crippen molar-refractivity contribution in [3.63, 3.8) is 0 Å². The number of ether oxygens (including phenoxy) is 2. The number of carbonyl (C=O) groups excluding carboxylic acids is 1. The SMILES string of the molecule is C[C@H]1C[C@]2(Cc3cc(C(F)F)ncc3O2)CN1C(=O)OC(C)(C)C. The van der Waals surface area contributed by atoms with Crippen LogP contribution in [0.3, 0.4) is 0 Å². The lowest BCUT2D eigenvalue weighted by molar-refractivity contribution is 0.0191. The zero-order valence-corrected chi connectivity index (χ0v) is 14.3. The number of carbonyl (C=O) groups is 1. The van der Waals surface area contributed by atoms with E-state index in [2.05, 4.69) is 4.98 Å². The molecule has 2 atom stereocenters. The molecule has 1 fully saturated rings. The second kappa shape index (κ2) is 5.57. The van der Waals surface area contributed by atoms with Crippen LogP contribution >= 0.6 is 0 Å². The molecule has 7 heteroatoms. The molecule has 2 aliphatic rings. The average Bonchev–Trinajstić information content (AvgIpc) is 2.95. The second-order valence-electron chi connectivity index (χ2n) is 7.64. The molecule has 1 aromatic heterocycles. The molecule has 0 aromatic carbocycles. The Morgan fingerprint density at radius 2 is 2.21 bits per heavy atom. The van der Waals surface area contributed by atoms with Gasteiger partial charge < -0.3 is 14.4 Å². The maximum Gasteiger partial charge on any atom is 0.410 e. The van der Waals surface area contributed by atoms with Crippen molar-refractivity contribution in [1.29, 1.82) is 0 Å². The van der Waals surface area contributed by atoms with Gasteiger partial charge in [-0.25, -0.2) is 13.6 Å². The number of amides is 1. The first kappa shape index (κ1) is 16.9. The van der Waals surface area contributed by atoms with Crippen molar-refractivity contribution < 1.29 is 23.0 Å². The highest BCUT2D eigenvalue weighted by Gasteiger charge is 2.50. The summed E-state index contributed by atoms with van der Waals surface area (Å²) >= 11 is 0. The molecule has 5 nitrogen and oxygen atoms in total. The van der Waals surface area contributed by atoms with Gasteiger partial charge in [-0.1, -0.05) is 0 Å². The molecular weight excluding hydrogens is 318 g/mol. The normalized spacial score (nSPS) is 26.0. The fourth-order valence-corrected chi connectivity index (χ4v) is 3.42. The van der Waals surface area contributed by atoms with Gasteiger partial charge in [0.1, 0.15) is 22.6 Å². The molecule has 1 amide bonds. The number of halogens is 2. The van der Waals surface area contributed by atoms with Gasteiger partial charge in [-0.2, -0.15) is 0 Å². The lowest BCUT2D eigenvalue weighted by Gasteiger charge is -2.27. The molecule has 3 heterocycles. The Labute approximate surface area is 139 Å². The molecule has 132 valence electrons. The van der Waals surface area contributed by atoms with E-state index in [1.54, 1.807) is 4.90 Å². The third-order valence-corrected chi connectivity index (χ3v) is 4.32. The summed E-state index contributed by atoms with van der Waals surface area (Å²) in [6.45, 7) is 7.78. The standard InChI is InChI=1S/C17H22F2N2O3/c1-10-6-17(9-21(10)15(22)24-16(2,3)4)7-11-5-12(14(18)19)20-8-13(11)23-17/h5,8,10,14H,6-7,9H2,1-4H3/t10-,17-/m0/s1. The minimum absolute atomic E-state index is 0.0447. The summed E-state index contributed by atoms with van der Waals surface area (Å²) in [6.07, 6.45) is -0.503. The summed E-state index contributed by atoms with van der Waals surface area (Å²) in [7, 11) is 0. The van der Waals surface area contributed by atoms with Gasteiger partial charge in [-0.15, -0.1) is 0 Å². The third kappa shape index (κ3) is 3.16. The average molecular weight is 340 g/mol. The van der Waals surface area contributed by atoms with E-state index in [-0.39, 0.29) is 17.8 Å². The Morgan fingerprint density at radius 1 is 1.50 bits per heavy atom. The molecule has 2 aliphatic heterocycles. The van der Waals surface area contributed by atoms with E-state index >= 15 is 0 Å². The number of alkyl halides is 2. The second-order valence-corrected chi connectivity index (χ2v) is 7.64. The maximum absolute atomic E-state index is 12.8. The van der Waals surface area contributed by atoms with Gasteiger partial charge in [0.05, 0.1) is 12.7 Å². The summed E-state index contributed by atoms with van der Waals surface area (Å²) in [5, 5.41) is 0. The summed E-state index contributed by atoms with van der Waals surface area (Å²) in [4.78, 5) is 17.8. The van der Waals surface area contributed by atoms with E-state index < -0.39 is 17.6 Å². The van der Waals surface area contributed by atoms with Crippen LogP contribution in [0.15, 0.2) is 12.3 Å². The minimum Gasteiger partial charge on any atom is -0.483 e. The van der Waals surface area contributed by atoms with E-state index in [0.717, 1.165) is 5.56 Å². The molecule has 0 unspecified atom stereocenters. The fourth-order valence-electron chi connectivity index (χ4n) is 3.42. The lowest BCUT2D eigenvalue weighted by atomic mass is 9.94. The molecule has 1 spiro atoms. The van der Waals surface area contributed by atoms with Gasteiger partial charge in [0.15, 0.2) is 0 Å². The Balaban J connectivity index is 1.76. The van der Waals surface area contributed by atoms with E-state index in [1.807, 2.05) is 27.7 Å². The van der Waals surface area contributed by atoms with Crippen LogP contribution in [0.5, 0.6) is 5.75 Å². The van der Waals surface area contributed by atoms with Crippen LogP contribution < -0.4 is 4.74 Å². The van der Waals surface area contributed by atoms with Crippen LogP contribution in [0.2, 0.25) is 0 Å². The zero-order valence-electron chi connectivity index (χ0n) is 14.3. The van der Waals surface area contributed by atoms with E-state index in [0.29, 0.717) is 25.1 Å². The van der Waals surface area contributed by atoms with Gasteiger partial charge in [0.2, 0.25) is 0 Å². The highest BCUT2D eigenvalue weighted by molar-refractivity contribution is 5.69. The first-order valence-electron chi connectivity index (χ1n) is 8.04. The fraction of sp³-hybridized carbons (Fsp3) is 0.647. The van der Waals surface area contributed by atoms with Crippen molar-refractivity contribution >= 4 is 6.09 Å². The monoisotopic (exact) mass is 340 g/mol. The van der Waals surface area contributed by atoms with Gasteiger partial charge in [-0.3, -0.25) is 4.98 Å². The van der Waals surface area contributed by atoms with Gasteiger partial charge >= 0.3 is 6.09 Å². The van der Waals surface area contributed by atoms with Gasteiger partial charge in [0.25, 0.3) is 6.43 Å². The molecule has 1 aromatic rings. The van der Waals surface area contributed by atoms with Crippen molar-refractivity contribution in [2.75, 3.05) is 6.54 Å². The van der Waals surface area contributed by atoms with Crippen molar-refractivity contribution in [3.05, 3.63) is 23.5 Å². The number of pyridine rings is 1. The smallest absolute Gasteiger partial charge is 0.410 e. The van der Waals surface area contributed by atoms with Crippen molar-refractivity contribution in [3.8, 4) is 5.75 Å². The maximum atomic E-state index is 12.8. The topological polar surface area (TPSA) is 51.7 Å². The number of aromatic nitrogens is 1. The van der Waals surface area contributed by atoms with Crippen LogP contribution in [-0.2, 0) is 11.2 Å². The Hall–Kier alpha value is -1.92. The molecule has 0 radical (unpaired) electrons. The van der Waals surface area contributed by atoms with E-state index in [1.165, 1.54) is 12.3 Å². The predicted molar refractivity (Wildman–Crippen MR) is 83.3 cm³/mol. The first-order chi connectivity index (χ1) is 11.1. The van der Waals surface area contributed by atoms with Crippen LogP contribution in [0.25, 0.3) is 0 Å². The highest BCUT2D eigenvalue weighted by atomic mass is 19.3. The number of hydrogen-bond donors (Lipinski definition) is 0. The number of nitrogens with zero attached hydrogens (tertiary/aromatic N) is 2. The van der Waals surface area contributed by atoms with E-state index in [9.17, 15) is 13.6 Å². The largest absolute Gasteiger partial charge is 0.483 e. The number of hydrogen-bond acceptors (Lipinski definition) is 4. The van der Waals surface area contributed by atoms with Gasteiger partial charge in [0, 0.05) is 24.4 Å². The zero-order chi connectivity index (χ0) is 17.7. The molecule has 0 aliphatic carbocycles. The Kier molecular flexibility index (Phi) is 3.92. The van der Waals surface area contributed by atoms with Crippen LogP contribution in [0, 0.1) is 0 Å².